The zero-order valence-electron chi connectivity index (χ0n) is 17.6. The molecule has 0 amide bonds. The second kappa shape index (κ2) is 8.00. The Hall–Kier alpha value is -2.44. The fraction of sp³-hybridized carbons (Fsp3) is 0.435. The summed E-state index contributed by atoms with van der Waals surface area (Å²) in [6.45, 7) is 8.53. The predicted molar refractivity (Wildman–Crippen MR) is 111 cm³/mol. The van der Waals surface area contributed by atoms with E-state index in [4.69, 9.17) is 21.1 Å². The first-order valence-electron chi connectivity index (χ1n) is 9.95. The lowest BCUT2D eigenvalue weighted by Gasteiger charge is -2.33. The SMILES string of the molecule is CC[C@H](C)/C=C/C1=CC2=C(Cl)C(=O)[C@@]3(C)OC(=O)C(C(=O)[C@@H](C)[C@H](C)O)=C3C2=CO1. The van der Waals surface area contributed by atoms with Crippen LogP contribution in [0, 0.1) is 11.8 Å². The summed E-state index contributed by atoms with van der Waals surface area (Å²) in [5.41, 5.74) is -1.10. The molecule has 1 N–H and O–H groups in total. The minimum Gasteiger partial charge on any atom is -0.464 e. The molecule has 0 aromatic rings. The zero-order valence-corrected chi connectivity index (χ0v) is 18.4. The summed E-state index contributed by atoms with van der Waals surface area (Å²) >= 11 is 6.37. The van der Waals surface area contributed by atoms with E-state index in [1.54, 1.807) is 12.2 Å². The first-order chi connectivity index (χ1) is 14.0. The van der Waals surface area contributed by atoms with Gasteiger partial charge in [0.15, 0.2) is 11.4 Å². The van der Waals surface area contributed by atoms with E-state index in [9.17, 15) is 19.5 Å². The summed E-state index contributed by atoms with van der Waals surface area (Å²) in [6, 6.07) is 0. The van der Waals surface area contributed by atoms with Crippen LogP contribution in [-0.4, -0.2) is 34.3 Å². The van der Waals surface area contributed by atoms with Crippen LogP contribution in [0.1, 0.15) is 41.0 Å². The van der Waals surface area contributed by atoms with Gasteiger partial charge in [0.05, 0.1) is 17.4 Å². The fourth-order valence-corrected chi connectivity index (χ4v) is 3.82. The van der Waals surface area contributed by atoms with Crippen LogP contribution >= 0.6 is 11.6 Å². The van der Waals surface area contributed by atoms with Crippen LogP contribution < -0.4 is 0 Å². The van der Waals surface area contributed by atoms with Crippen molar-refractivity contribution in [1.29, 1.82) is 0 Å². The molecule has 0 unspecified atom stereocenters. The fourth-order valence-electron chi connectivity index (χ4n) is 3.48. The molecule has 4 atom stereocenters. The van der Waals surface area contributed by atoms with E-state index in [1.807, 2.05) is 6.08 Å². The lowest BCUT2D eigenvalue weighted by atomic mass is 9.74. The number of hydrogen-bond donors (Lipinski definition) is 1. The van der Waals surface area contributed by atoms with Crippen LogP contribution in [0.2, 0.25) is 0 Å². The van der Waals surface area contributed by atoms with Gasteiger partial charge in [0, 0.05) is 22.6 Å². The highest BCUT2D eigenvalue weighted by molar-refractivity contribution is 6.46. The molecule has 0 radical (unpaired) electrons. The van der Waals surface area contributed by atoms with E-state index in [1.165, 1.54) is 27.0 Å². The Morgan fingerprint density at radius 3 is 2.57 bits per heavy atom. The number of carbonyl (C=O) groups is 3. The number of rotatable bonds is 6. The van der Waals surface area contributed by atoms with Gasteiger partial charge in [-0.1, -0.05) is 44.9 Å². The van der Waals surface area contributed by atoms with Gasteiger partial charge in [0.1, 0.15) is 11.3 Å². The number of Topliss-reactive ketones (excluding diaryl/α,β-unsaturated/α-hetero) is 2. The normalized spacial score (nSPS) is 26.5. The molecule has 3 aliphatic rings. The van der Waals surface area contributed by atoms with Gasteiger partial charge < -0.3 is 14.6 Å². The maximum Gasteiger partial charge on any atom is 0.343 e. The zero-order chi connectivity index (χ0) is 22.4. The number of ketones is 2. The third-order valence-electron chi connectivity index (χ3n) is 5.87. The van der Waals surface area contributed by atoms with Crippen molar-refractivity contribution in [3.8, 4) is 0 Å². The van der Waals surface area contributed by atoms with Crippen LogP contribution in [0.4, 0.5) is 0 Å². The molecule has 7 heteroatoms. The number of ether oxygens (including phenoxy) is 2. The van der Waals surface area contributed by atoms with Crippen LogP contribution in [-0.2, 0) is 23.9 Å². The summed E-state index contributed by atoms with van der Waals surface area (Å²) in [5, 5.41) is 9.75. The molecule has 0 saturated heterocycles. The highest BCUT2D eigenvalue weighted by Gasteiger charge is 2.57. The Balaban J connectivity index is 2.15. The quantitative estimate of drug-likeness (QED) is 0.509. The molecular weight excluding hydrogens is 408 g/mol. The topological polar surface area (TPSA) is 89.9 Å². The second-order valence-electron chi connectivity index (χ2n) is 8.06. The van der Waals surface area contributed by atoms with E-state index in [0.717, 1.165) is 6.42 Å². The minimum absolute atomic E-state index is 0.0877. The lowest BCUT2D eigenvalue weighted by molar-refractivity contribution is -0.153. The van der Waals surface area contributed by atoms with Crippen molar-refractivity contribution in [2.45, 2.75) is 52.7 Å². The number of aliphatic hydroxyl groups excluding tert-OH is 1. The number of carbonyl (C=O) groups excluding carboxylic acids is 3. The van der Waals surface area contributed by atoms with Crippen molar-refractivity contribution < 1.29 is 29.0 Å². The number of allylic oxidation sites excluding steroid dienone is 4. The Kier molecular flexibility index (Phi) is 5.94. The van der Waals surface area contributed by atoms with Crippen molar-refractivity contribution in [1.82, 2.24) is 0 Å². The average molecular weight is 433 g/mol. The van der Waals surface area contributed by atoms with Crippen LogP contribution in [0.15, 0.2) is 57.6 Å². The third-order valence-corrected chi connectivity index (χ3v) is 6.25. The molecule has 0 aromatic heterocycles. The van der Waals surface area contributed by atoms with Gasteiger partial charge in [-0.15, -0.1) is 0 Å². The lowest BCUT2D eigenvalue weighted by Crippen LogP contribution is -2.42. The van der Waals surface area contributed by atoms with Gasteiger partial charge >= 0.3 is 5.97 Å². The molecule has 160 valence electrons. The molecule has 2 heterocycles. The van der Waals surface area contributed by atoms with Crippen molar-refractivity contribution in [2.24, 2.45) is 11.8 Å². The largest absolute Gasteiger partial charge is 0.464 e. The number of esters is 1. The van der Waals surface area contributed by atoms with Gasteiger partial charge in [-0.05, 0) is 31.9 Å². The molecule has 0 aromatic carbocycles. The van der Waals surface area contributed by atoms with E-state index in [0.29, 0.717) is 22.8 Å². The smallest absolute Gasteiger partial charge is 0.343 e. The number of halogens is 1. The second-order valence-corrected chi connectivity index (χ2v) is 8.44. The van der Waals surface area contributed by atoms with Gasteiger partial charge in [-0.25, -0.2) is 4.79 Å². The summed E-state index contributed by atoms with van der Waals surface area (Å²) in [6.07, 6.45) is 6.76. The highest BCUT2D eigenvalue weighted by Crippen LogP contribution is 2.49. The molecule has 0 fully saturated rings. The Labute approximate surface area is 180 Å². The molecule has 1 aliphatic carbocycles. The van der Waals surface area contributed by atoms with Crippen LogP contribution in [0.25, 0.3) is 0 Å². The maximum atomic E-state index is 13.0. The number of aliphatic hydroxyl groups is 1. The minimum atomic E-state index is -1.71. The van der Waals surface area contributed by atoms with Gasteiger partial charge in [0.25, 0.3) is 0 Å². The standard InChI is InChI=1S/C23H25ClO6/c1-6-11(2)7-8-14-9-15-16(10-29-14)18-17(20(26)12(3)13(4)25)22(28)30-23(18,5)21(27)19(15)24/h7-13,25H,6H2,1-5H3/b8-7+/t11-,12-,13-,23-/m0/s1. The van der Waals surface area contributed by atoms with E-state index < -0.39 is 35.2 Å². The monoisotopic (exact) mass is 432 g/mol. The summed E-state index contributed by atoms with van der Waals surface area (Å²) in [5.74, 6) is -2.12. The first-order valence-corrected chi connectivity index (χ1v) is 10.3. The molecule has 0 bridgehead atoms. The van der Waals surface area contributed by atoms with Gasteiger partial charge in [-0.3, -0.25) is 9.59 Å². The van der Waals surface area contributed by atoms with Crippen LogP contribution in [0.3, 0.4) is 0 Å². The Morgan fingerprint density at radius 1 is 1.30 bits per heavy atom. The molecular formula is C23H25ClO6. The molecule has 0 saturated carbocycles. The molecule has 2 aliphatic heterocycles. The van der Waals surface area contributed by atoms with Gasteiger partial charge in [-0.2, -0.15) is 0 Å². The Morgan fingerprint density at radius 2 is 1.97 bits per heavy atom. The van der Waals surface area contributed by atoms with Crippen molar-refractivity contribution >= 4 is 29.1 Å². The number of hydrogen-bond acceptors (Lipinski definition) is 6. The average Bonchev–Trinajstić information content (AvgIpc) is 3.00. The van der Waals surface area contributed by atoms with Gasteiger partial charge in [0.2, 0.25) is 5.78 Å². The highest BCUT2D eigenvalue weighted by atomic mass is 35.5. The summed E-state index contributed by atoms with van der Waals surface area (Å²) in [7, 11) is 0. The van der Waals surface area contributed by atoms with Crippen molar-refractivity contribution in [3.63, 3.8) is 0 Å². The molecule has 0 spiro atoms. The number of fused-ring (bicyclic) bond motifs is 3. The van der Waals surface area contributed by atoms with Crippen LogP contribution in [0.5, 0.6) is 0 Å². The van der Waals surface area contributed by atoms with E-state index >= 15 is 0 Å². The third kappa shape index (κ3) is 3.48. The predicted octanol–water partition coefficient (Wildman–Crippen LogP) is 3.66. The van der Waals surface area contributed by atoms with Crippen molar-refractivity contribution in [3.05, 3.63) is 57.6 Å². The summed E-state index contributed by atoms with van der Waals surface area (Å²) < 4.78 is 11.1. The maximum absolute atomic E-state index is 13.0. The van der Waals surface area contributed by atoms with E-state index in [2.05, 4.69) is 13.8 Å². The summed E-state index contributed by atoms with van der Waals surface area (Å²) in [4.78, 5) is 38.6. The first kappa shape index (κ1) is 22.2. The molecule has 30 heavy (non-hydrogen) atoms. The Bertz CT molecular complexity index is 978. The molecule has 3 rings (SSSR count). The van der Waals surface area contributed by atoms with E-state index in [-0.39, 0.29) is 16.2 Å². The van der Waals surface area contributed by atoms with Crippen molar-refractivity contribution in [2.75, 3.05) is 0 Å². The molecule has 6 nitrogen and oxygen atoms in total.